The summed E-state index contributed by atoms with van der Waals surface area (Å²) in [5.74, 6) is -2.07. The Kier molecular flexibility index (Phi) is 4.92. The highest BCUT2D eigenvalue weighted by Gasteiger charge is 2.19. The second kappa shape index (κ2) is 6.88. The van der Waals surface area contributed by atoms with E-state index in [-0.39, 0.29) is 23.8 Å². The van der Waals surface area contributed by atoms with Crippen LogP contribution in [0.25, 0.3) is 6.08 Å². The Morgan fingerprint density at radius 1 is 1.33 bits per heavy atom. The van der Waals surface area contributed by atoms with Crippen molar-refractivity contribution in [3.8, 4) is 5.75 Å². The van der Waals surface area contributed by atoms with Crippen LogP contribution in [0.2, 0.25) is 0 Å². The number of hydrogen-bond donors (Lipinski definition) is 1. The second-order valence-corrected chi connectivity index (χ2v) is 4.71. The number of carbonyl (C=O) groups is 2. The molecule has 0 bridgehead atoms. The van der Waals surface area contributed by atoms with E-state index in [0.717, 1.165) is 18.9 Å². The minimum absolute atomic E-state index is 0.109. The third kappa shape index (κ3) is 4.05. The van der Waals surface area contributed by atoms with Gasteiger partial charge in [-0.2, -0.15) is 0 Å². The van der Waals surface area contributed by atoms with Crippen LogP contribution in [0.3, 0.4) is 0 Å². The summed E-state index contributed by atoms with van der Waals surface area (Å²) in [5, 5.41) is 8.61. The first-order valence-corrected chi connectivity index (χ1v) is 6.68. The van der Waals surface area contributed by atoms with E-state index in [1.54, 1.807) is 4.90 Å². The van der Waals surface area contributed by atoms with Crippen LogP contribution in [0.4, 0.5) is 4.39 Å². The Balaban J connectivity index is 2.07. The average Bonchev–Trinajstić information content (AvgIpc) is 2.98. The zero-order valence-electron chi connectivity index (χ0n) is 11.4. The van der Waals surface area contributed by atoms with Crippen molar-refractivity contribution in [1.29, 1.82) is 0 Å². The SMILES string of the molecule is O=C(O)/C=C/c1cccc(F)c1OCC(=O)N1CCCC1. The lowest BCUT2D eigenvalue weighted by atomic mass is 10.2. The molecule has 1 saturated heterocycles. The van der Waals surface area contributed by atoms with E-state index in [0.29, 0.717) is 13.1 Å². The summed E-state index contributed by atoms with van der Waals surface area (Å²) in [7, 11) is 0. The molecule has 0 atom stereocenters. The van der Waals surface area contributed by atoms with Crippen LogP contribution in [0, 0.1) is 5.82 Å². The summed E-state index contributed by atoms with van der Waals surface area (Å²) in [5.41, 5.74) is 0.284. The zero-order chi connectivity index (χ0) is 15.2. The van der Waals surface area contributed by atoms with Gasteiger partial charge in [0.05, 0.1) is 0 Å². The minimum Gasteiger partial charge on any atom is -0.480 e. The average molecular weight is 293 g/mol. The van der Waals surface area contributed by atoms with Crippen LogP contribution in [-0.2, 0) is 9.59 Å². The number of carbonyl (C=O) groups excluding carboxylic acids is 1. The summed E-state index contributed by atoms with van der Waals surface area (Å²) in [4.78, 5) is 24.1. The molecule has 1 amide bonds. The number of rotatable bonds is 5. The van der Waals surface area contributed by atoms with Gasteiger partial charge in [0.2, 0.25) is 0 Å². The van der Waals surface area contributed by atoms with Crippen molar-refractivity contribution < 1.29 is 23.8 Å². The highest BCUT2D eigenvalue weighted by atomic mass is 19.1. The van der Waals surface area contributed by atoms with Crippen molar-refractivity contribution in [3.05, 3.63) is 35.7 Å². The summed E-state index contributed by atoms with van der Waals surface area (Å²) in [6.45, 7) is 1.14. The molecule has 1 aromatic rings. The van der Waals surface area contributed by atoms with Gasteiger partial charge >= 0.3 is 5.97 Å². The Labute approximate surface area is 121 Å². The fourth-order valence-corrected chi connectivity index (χ4v) is 2.16. The van der Waals surface area contributed by atoms with Gasteiger partial charge in [0.25, 0.3) is 5.91 Å². The number of carboxylic acids is 1. The topological polar surface area (TPSA) is 66.8 Å². The van der Waals surface area contributed by atoms with Crippen LogP contribution >= 0.6 is 0 Å². The van der Waals surface area contributed by atoms with Gasteiger partial charge in [-0.05, 0) is 25.0 Å². The molecule has 0 radical (unpaired) electrons. The summed E-state index contributed by atoms with van der Waals surface area (Å²) < 4.78 is 19.0. The van der Waals surface area contributed by atoms with E-state index in [4.69, 9.17) is 9.84 Å². The molecule has 1 aromatic carbocycles. The van der Waals surface area contributed by atoms with E-state index < -0.39 is 11.8 Å². The van der Waals surface area contributed by atoms with Crippen LogP contribution < -0.4 is 4.74 Å². The van der Waals surface area contributed by atoms with Crippen LogP contribution in [-0.4, -0.2) is 41.6 Å². The Morgan fingerprint density at radius 2 is 2.05 bits per heavy atom. The van der Waals surface area contributed by atoms with Crippen molar-refractivity contribution >= 4 is 18.0 Å². The number of likely N-dealkylation sites (tertiary alicyclic amines) is 1. The van der Waals surface area contributed by atoms with Gasteiger partial charge in [0.1, 0.15) is 0 Å². The first-order valence-electron chi connectivity index (χ1n) is 6.68. The number of halogens is 1. The van der Waals surface area contributed by atoms with Gasteiger partial charge in [-0.3, -0.25) is 4.79 Å². The monoisotopic (exact) mass is 293 g/mol. The van der Waals surface area contributed by atoms with Crippen molar-refractivity contribution in [3.63, 3.8) is 0 Å². The highest BCUT2D eigenvalue weighted by Crippen LogP contribution is 2.24. The van der Waals surface area contributed by atoms with Gasteiger partial charge < -0.3 is 14.7 Å². The van der Waals surface area contributed by atoms with E-state index in [2.05, 4.69) is 0 Å². The number of ether oxygens (including phenoxy) is 1. The minimum atomic E-state index is -1.14. The predicted molar refractivity (Wildman–Crippen MR) is 74.4 cm³/mol. The number of nitrogens with zero attached hydrogens (tertiary/aromatic N) is 1. The largest absolute Gasteiger partial charge is 0.480 e. The molecule has 2 rings (SSSR count). The van der Waals surface area contributed by atoms with Crippen molar-refractivity contribution in [2.75, 3.05) is 19.7 Å². The van der Waals surface area contributed by atoms with E-state index >= 15 is 0 Å². The first kappa shape index (κ1) is 15.0. The molecular weight excluding hydrogens is 277 g/mol. The van der Waals surface area contributed by atoms with Crippen molar-refractivity contribution in [2.45, 2.75) is 12.8 Å². The van der Waals surface area contributed by atoms with Gasteiger partial charge in [-0.1, -0.05) is 12.1 Å². The fourth-order valence-electron chi connectivity index (χ4n) is 2.16. The second-order valence-electron chi connectivity index (χ2n) is 4.71. The molecule has 0 aliphatic carbocycles. The molecular formula is C15H16FNO4. The molecule has 0 unspecified atom stereocenters. The van der Waals surface area contributed by atoms with E-state index in [9.17, 15) is 14.0 Å². The van der Waals surface area contributed by atoms with Gasteiger partial charge in [-0.15, -0.1) is 0 Å². The fraction of sp³-hybridized carbons (Fsp3) is 0.333. The standard InChI is InChI=1S/C15H16FNO4/c16-12-5-3-4-11(6-7-14(19)20)15(12)21-10-13(18)17-8-1-2-9-17/h3-7H,1-2,8-10H2,(H,19,20)/b7-6+. The molecule has 0 spiro atoms. The maximum absolute atomic E-state index is 13.8. The number of aliphatic carboxylic acids is 1. The maximum Gasteiger partial charge on any atom is 0.328 e. The first-order chi connectivity index (χ1) is 10.1. The van der Waals surface area contributed by atoms with E-state index in [1.165, 1.54) is 24.3 Å². The Hall–Kier alpha value is -2.37. The van der Waals surface area contributed by atoms with Crippen LogP contribution in [0.1, 0.15) is 18.4 Å². The van der Waals surface area contributed by atoms with Crippen molar-refractivity contribution in [2.24, 2.45) is 0 Å². The number of hydrogen-bond acceptors (Lipinski definition) is 3. The molecule has 112 valence electrons. The lowest BCUT2D eigenvalue weighted by Gasteiger charge is -2.16. The van der Waals surface area contributed by atoms with E-state index in [1.807, 2.05) is 0 Å². The molecule has 1 aliphatic rings. The number of amides is 1. The molecule has 0 saturated carbocycles. The molecule has 6 heteroatoms. The third-order valence-corrected chi connectivity index (χ3v) is 3.20. The molecule has 21 heavy (non-hydrogen) atoms. The molecule has 1 aliphatic heterocycles. The Bertz CT molecular complexity index is 565. The van der Waals surface area contributed by atoms with Gasteiger partial charge in [0.15, 0.2) is 18.2 Å². The number of carboxylic acid groups (broad SMARTS) is 1. The molecule has 1 heterocycles. The molecule has 5 nitrogen and oxygen atoms in total. The molecule has 1 N–H and O–H groups in total. The quantitative estimate of drug-likeness (QED) is 0.842. The smallest absolute Gasteiger partial charge is 0.328 e. The van der Waals surface area contributed by atoms with Crippen molar-refractivity contribution in [1.82, 2.24) is 4.90 Å². The third-order valence-electron chi connectivity index (χ3n) is 3.20. The molecule has 1 fully saturated rings. The summed E-state index contributed by atoms with van der Waals surface area (Å²) in [6.07, 6.45) is 4.07. The van der Waals surface area contributed by atoms with Crippen LogP contribution in [0.5, 0.6) is 5.75 Å². The van der Waals surface area contributed by atoms with Gasteiger partial charge in [0, 0.05) is 24.7 Å². The highest BCUT2D eigenvalue weighted by molar-refractivity contribution is 5.86. The van der Waals surface area contributed by atoms with Crippen LogP contribution in [0.15, 0.2) is 24.3 Å². The van der Waals surface area contributed by atoms with Gasteiger partial charge in [-0.25, -0.2) is 9.18 Å². The molecule has 0 aromatic heterocycles. The predicted octanol–water partition coefficient (Wildman–Crippen LogP) is 1.92. The normalized spacial score (nSPS) is 14.6. The maximum atomic E-state index is 13.8. The Morgan fingerprint density at radius 3 is 2.71 bits per heavy atom. The number of benzene rings is 1. The zero-order valence-corrected chi connectivity index (χ0v) is 11.4. The summed E-state index contributed by atoms with van der Waals surface area (Å²) in [6, 6.07) is 4.18. The lowest BCUT2D eigenvalue weighted by molar-refractivity contribution is -0.132. The summed E-state index contributed by atoms with van der Waals surface area (Å²) >= 11 is 0. The number of para-hydroxylation sites is 1. The lowest BCUT2D eigenvalue weighted by Crippen LogP contribution is -2.32.